The van der Waals surface area contributed by atoms with Crippen LogP contribution in [0.25, 0.3) is 0 Å². The third-order valence-corrected chi connectivity index (χ3v) is 4.22. The first-order valence-electron chi connectivity index (χ1n) is 8.44. The Labute approximate surface area is 158 Å². The van der Waals surface area contributed by atoms with Gasteiger partial charge in [-0.2, -0.15) is 0 Å². The fourth-order valence-electron chi connectivity index (χ4n) is 2.55. The second-order valence-electron chi connectivity index (χ2n) is 6.56. The van der Waals surface area contributed by atoms with Gasteiger partial charge in [0.15, 0.2) is 0 Å². The van der Waals surface area contributed by atoms with Crippen LogP contribution in [0, 0.1) is 0 Å². The van der Waals surface area contributed by atoms with Crippen LogP contribution in [0.5, 0.6) is 0 Å². The second kappa shape index (κ2) is 10.0. The molecule has 1 rings (SSSR count). The van der Waals surface area contributed by atoms with Crippen molar-refractivity contribution in [1.29, 1.82) is 0 Å². The Kier molecular flexibility index (Phi) is 8.63. The molecule has 1 fully saturated rings. The number of ether oxygens (including phenoxy) is 1. The molecule has 162 valence electrons. The summed E-state index contributed by atoms with van der Waals surface area (Å²) in [6.07, 6.45) is -8.19. The quantitative estimate of drug-likeness (QED) is 0.205. The van der Waals surface area contributed by atoms with Crippen LogP contribution in [-0.2, 0) is 19.1 Å². The molecular weight excluding hydrogens is 388 g/mol. The number of alkyl halides is 2. The summed E-state index contributed by atoms with van der Waals surface area (Å²) in [5.41, 5.74) is 5.44. The predicted molar refractivity (Wildman–Crippen MR) is 88.2 cm³/mol. The molecule has 0 aromatic carbocycles. The first-order chi connectivity index (χ1) is 12.9. The van der Waals surface area contributed by atoms with E-state index in [1.165, 1.54) is 6.92 Å². The van der Waals surface area contributed by atoms with E-state index in [0.29, 0.717) is 0 Å². The minimum absolute atomic E-state index is 0.630. The van der Waals surface area contributed by atoms with Crippen LogP contribution in [0.2, 0.25) is 0 Å². The summed E-state index contributed by atoms with van der Waals surface area (Å²) in [5.74, 6) is -6.89. The molecule has 1 unspecified atom stereocenters. The number of amides is 2. The van der Waals surface area contributed by atoms with Crippen molar-refractivity contribution in [2.75, 3.05) is 13.2 Å². The summed E-state index contributed by atoms with van der Waals surface area (Å²) < 4.78 is 33.7. The van der Waals surface area contributed by atoms with Gasteiger partial charge in [-0.3, -0.25) is 14.4 Å². The molecule has 0 bridgehead atoms. The molecule has 1 aliphatic rings. The van der Waals surface area contributed by atoms with Crippen molar-refractivity contribution in [2.24, 2.45) is 5.73 Å². The number of hydrogen-bond donors (Lipinski definition) is 7. The number of aliphatic hydroxyl groups excluding tert-OH is 3. The van der Waals surface area contributed by atoms with Crippen molar-refractivity contribution < 1.29 is 48.3 Å². The zero-order valence-electron chi connectivity index (χ0n) is 15.0. The van der Waals surface area contributed by atoms with E-state index in [1.54, 1.807) is 0 Å². The Bertz CT molecular complexity index is 579. The molecule has 1 aliphatic heterocycles. The summed E-state index contributed by atoms with van der Waals surface area (Å²) >= 11 is 0. The molecular formula is C15H25F2N3O8. The number of halogens is 2. The van der Waals surface area contributed by atoms with E-state index in [2.05, 4.69) is 5.32 Å². The van der Waals surface area contributed by atoms with Crippen LogP contribution < -0.4 is 16.4 Å². The lowest BCUT2D eigenvalue weighted by Gasteiger charge is -2.40. The molecule has 0 aromatic rings. The smallest absolute Gasteiger partial charge is 0.325 e. The number of aliphatic hydroxyl groups is 3. The Morgan fingerprint density at radius 3 is 2.46 bits per heavy atom. The van der Waals surface area contributed by atoms with Gasteiger partial charge < -0.3 is 41.5 Å². The minimum atomic E-state index is -3.68. The summed E-state index contributed by atoms with van der Waals surface area (Å²) in [7, 11) is 0. The molecule has 1 saturated heterocycles. The van der Waals surface area contributed by atoms with Crippen molar-refractivity contribution in [2.45, 2.75) is 62.2 Å². The molecule has 0 aromatic heterocycles. The zero-order chi connectivity index (χ0) is 21.6. The van der Waals surface area contributed by atoms with Crippen molar-refractivity contribution in [3.63, 3.8) is 0 Å². The van der Waals surface area contributed by atoms with Crippen LogP contribution in [-0.4, -0.2) is 93.8 Å². The van der Waals surface area contributed by atoms with E-state index in [0.717, 1.165) is 0 Å². The minimum Gasteiger partial charge on any atom is -0.480 e. The third-order valence-electron chi connectivity index (χ3n) is 4.22. The number of carboxylic acids is 1. The van der Waals surface area contributed by atoms with Crippen LogP contribution in [0.1, 0.15) is 19.8 Å². The Balaban J connectivity index is 2.57. The third kappa shape index (κ3) is 6.60. The summed E-state index contributed by atoms with van der Waals surface area (Å²) in [6, 6.07) is -2.94. The average Bonchev–Trinajstić information content (AvgIpc) is 2.60. The standard InChI is InChI=1S/C15H25F2N3O8/c1-6(14(26)27)20-11(23)4-19-13(25)7(18)3-15(16,17)10-2-8(22)12(24)9(5-21)28-10/h6-10,12,21-22,24H,2-5,18H2,1H3,(H,19,25)(H,20,23)(H,26,27)/t6-,7-,8+,9+,10?,12+/m0/s1. The van der Waals surface area contributed by atoms with E-state index < -0.39 is 86.2 Å². The topological polar surface area (TPSA) is 191 Å². The normalized spacial score (nSPS) is 27.5. The van der Waals surface area contributed by atoms with Crippen molar-refractivity contribution >= 4 is 17.8 Å². The molecule has 0 saturated carbocycles. The molecule has 13 heteroatoms. The highest BCUT2D eigenvalue weighted by atomic mass is 19.3. The molecule has 0 radical (unpaired) electrons. The second-order valence-corrected chi connectivity index (χ2v) is 6.56. The van der Waals surface area contributed by atoms with Crippen molar-refractivity contribution in [3.05, 3.63) is 0 Å². The number of hydrogen-bond acceptors (Lipinski definition) is 8. The van der Waals surface area contributed by atoms with E-state index in [-0.39, 0.29) is 0 Å². The molecule has 0 spiro atoms. The fraction of sp³-hybridized carbons (Fsp3) is 0.800. The average molecular weight is 413 g/mol. The van der Waals surface area contributed by atoms with Crippen LogP contribution in [0.4, 0.5) is 8.78 Å². The number of carboxylic acid groups (broad SMARTS) is 1. The van der Waals surface area contributed by atoms with E-state index in [1.807, 2.05) is 5.32 Å². The summed E-state index contributed by atoms with van der Waals surface area (Å²) in [5, 5.41) is 41.0. The number of rotatable bonds is 9. The molecule has 8 N–H and O–H groups in total. The predicted octanol–water partition coefficient (Wildman–Crippen LogP) is -3.08. The molecule has 1 heterocycles. The van der Waals surface area contributed by atoms with Gasteiger partial charge in [-0.25, -0.2) is 8.78 Å². The lowest BCUT2D eigenvalue weighted by Crippen LogP contribution is -2.56. The Morgan fingerprint density at radius 1 is 1.32 bits per heavy atom. The number of nitrogens with one attached hydrogen (secondary N) is 2. The number of carbonyl (C=O) groups is 3. The van der Waals surface area contributed by atoms with Crippen molar-refractivity contribution in [1.82, 2.24) is 10.6 Å². The van der Waals surface area contributed by atoms with Gasteiger partial charge in [-0.05, 0) is 6.92 Å². The number of aliphatic carboxylic acids is 1. The monoisotopic (exact) mass is 413 g/mol. The van der Waals surface area contributed by atoms with E-state index in [4.69, 9.17) is 20.7 Å². The summed E-state index contributed by atoms with van der Waals surface area (Å²) in [4.78, 5) is 33.9. The highest BCUT2D eigenvalue weighted by Crippen LogP contribution is 2.34. The summed E-state index contributed by atoms with van der Waals surface area (Å²) in [6.45, 7) is -0.252. The SMILES string of the molecule is C[C@H](NC(=O)CNC(=O)[C@@H](N)CC(F)(F)C1C[C@@H](O)[C@@H](O)[C@@H](CO)O1)C(=O)O. The lowest BCUT2D eigenvalue weighted by atomic mass is 9.92. The highest BCUT2D eigenvalue weighted by Gasteiger charge is 2.49. The Morgan fingerprint density at radius 2 is 1.93 bits per heavy atom. The number of nitrogens with two attached hydrogens (primary N) is 1. The van der Waals surface area contributed by atoms with Gasteiger partial charge in [0.25, 0.3) is 5.92 Å². The zero-order valence-corrected chi connectivity index (χ0v) is 15.0. The largest absolute Gasteiger partial charge is 0.480 e. The maximum atomic E-state index is 14.4. The Hall–Kier alpha value is -1.93. The van der Waals surface area contributed by atoms with Crippen LogP contribution in [0.15, 0.2) is 0 Å². The van der Waals surface area contributed by atoms with Gasteiger partial charge in [-0.15, -0.1) is 0 Å². The molecule has 6 atom stereocenters. The molecule has 2 amide bonds. The van der Waals surface area contributed by atoms with Gasteiger partial charge in [0.05, 0.1) is 25.3 Å². The van der Waals surface area contributed by atoms with Gasteiger partial charge in [-0.1, -0.05) is 0 Å². The number of carbonyl (C=O) groups excluding carboxylic acids is 2. The van der Waals surface area contributed by atoms with Gasteiger partial charge in [0, 0.05) is 12.8 Å². The van der Waals surface area contributed by atoms with Gasteiger partial charge >= 0.3 is 5.97 Å². The lowest BCUT2D eigenvalue weighted by molar-refractivity contribution is -0.240. The van der Waals surface area contributed by atoms with Crippen LogP contribution >= 0.6 is 0 Å². The highest BCUT2D eigenvalue weighted by molar-refractivity contribution is 5.89. The fourth-order valence-corrected chi connectivity index (χ4v) is 2.55. The molecule has 0 aliphatic carbocycles. The van der Waals surface area contributed by atoms with Crippen molar-refractivity contribution in [3.8, 4) is 0 Å². The maximum absolute atomic E-state index is 14.4. The molecule has 28 heavy (non-hydrogen) atoms. The van der Waals surface area contributed by atoms with E-state index >= 15 is 0 Å². The van der Waals surface area contributed by atoms with Gasteiger partial charge in [0.2, 0.25) is 11.8 Å². The first kappa shape index (κ1) is 24.1. The van der Waals surface area contributed by atoms with E-state index in [9.17, 15) is 33.4 Å². The first-order valence-corrected chi connectivity index (χ1v) is 8.44. The molecule has 11 nitrogen and oxygen atoms in total. The van der Waals surface area contributed by atoms with Crippen LogP contribution in [0.3, 0.4) is 0 Å². The maximum Gasteiger partial charge on any atom is 0.325 e. The van der Waals surface area contributed by atoms with Gasteiger partial charge in [0.1, 0.15) is 24.4 Å².